The minimum Gasteiger partial charge on any atom is -0.391 e. The van der Waals surface area contributed by atoms with Crippen molar-refractivity contribution >= 4 is 16.9 Å². The Balaban J connectivity index is 1.27. The Morgan fingerprint density at radius 3 is 2.64 bits per heavy atom. The van der Waals surface area contributed by atoms with E-state index in [1.54, 1.807) is 0 Å². The summed E-state index contributed by atoms with van der Waals surface area (Å²) in [6, 6.07) is 5.96. The van der Waals surface area contributed by atoms with Gasteiger partial charge in [0, 0.05) is 56.9 Å². The SMILES string of the molecule is CN1CCN([C@@H]2C[C@@H]3CN(C(=O)c4ccc5cc[nH]c5n4)C[C@@H]3C[C@H]2O)CC1. The van der Waals surface area contributed by atoms with E-state index in [0.717, 1.165) is 63.1 Å². The molecule has 2 aliphatic heterocycles. The molecule has 1 amide bonds. The molecule has 4 heterocycles. The van der Waals surface area contributed by atoms with E-state index in [9.17, 15) is 9.90 Å². The number of hydrogen-bond acceptors (Lipinski definition) is 5. The summed E-state index contributed by atoms with van der Waals surface area (Å²) in [6.45, 7) is 5.70. The number of fused-ring (bicyclic) bond motifs is 2. The van der Waals surface area contributed by atoms with E-state index >= 15 is 0 Å². The quantitative estimate of drug-likeness (QED) is 0.810. The van der Waals surface area contributed by atoms with Gasteiger partial charge in [-0.25, -0.2) is 4.98 Å². The molecular formula is C21H29N5O2. The molecule has 3 aliphatic rings. The van der Waals surface area contributed by atoms with Crippen molar-refractivity contribution in [3.05, 3.63) is 30.1 Å². The summed E-state index contributed by atoms with van der Waals surface area (Å²) in [6.07, 6.45) is 3.35. The van der Waals surface area contributed by atoms with Gasteiger partial charge in [-0.05, 0) is 49.9 Å². The Kier molecular flexibility index (Phi) is 4.61. The van der Waals surface area contributed by atoms with Gasteiger partial charge in [0.25, 0.3) is 5.91 Å². The molecule has 0 unspecified atom stereocenters. The highest BCUT2D eigenvalue weighted by Crippen LogP contribution is 2.39. The molecule has 1 aliphatic carbocycles. The molecular weight excluding hydrogens is 354 g/mol. The molecule has 1 saturated carbocycles. The molecule has 7 nitrogen and oxygen atoms in total. The lowest BCUT2D eigenvalue weighted by molar-refractivity contribution is -0.0249. The van der Waals surface area contributed by atoms with Crippen LogP contribution in [0.3, 0.4) is 0 Å². The van der Waals surface area contributed by atoms with E-state index < -0.39 is 0 Å². The molecule has 2 N–H and O–H groups in total. The van der Waals surface area contributed by atoms with Crippen molar-refractivity contribution in [1.82, 2.24) is 24.7 Å². The normalized spacial score (nSPS) is 32.0. The summed E-state index contributed by atoms with van der Waals surface area (Å²) in [5, 5.41) is 11.8. The summed E-state index contributed by atoms with van der Waals surface area (Å²) in [5.41, 5.74) is 1.26. The predicted octanol–water partition coefficient (Wildman–Crippen LogP) is 1.02. The number of aromatic nitrogens is 2. The van der Waals surface area contributed by atoms with E-state index in [2.05, 4.69) is 26.8 Å². The van der Waals surface area contributed by atoms with Crippen LogP contribution in [0.5, 0.6) is 0 Å². The van der Waals surface area contributed by atoms with Gasteiger partial charge in [-0.1, -0.05) is 0 Å². The van der Waals surface area contributed by atoms with Crippen LogP contribution in [0.25, 0.3) is 11.0 Å². The van der Waals surface area contributed by atoms with Crippen molar-refractivity contribution in [2.75, 3.05) is 46.3 Å². The number of likely N-dealkylation sites (N-methyl/N-ethyl adjacent to an activating group) is 1. The van der Waals surface area contributed by atoms with Crippen molar-refractivity contribution in [2.24, 2.45) is 11.8 Å². The number of nitrogens with zero attached hydrogens (tertiary/aromatic N) is 4. The molecule has 2 aromatic heterocycles. The van der Waals surface area contributed by atoms with Gasteiger partial charge >= 0.3 is 0 Å². The maximum absolute atomic E-state index is 13.0. The van der Waals surface area contributed by atoms with Crippen LogP contribution < -0.4 is 0 Å². The van der Waals surface area contributed by atoms with Crippen LogP contribution in [0.2, 0.25) is 0 Å². The fraction of sp³-hybridized carbons (Fsp3) is 0.619. The van der Waals surface area contributed by atoms with E-state index in [1.165, 1.54) is 0 Å². The number of H-pyrrole nitrogens is 1. The second-order valence-electron chi connectivity index (χ2n) is 8.79. The number of piperazine rings is 1. The Morgan fingerprint density at radius 2 is 1.86 bits per heavy atom. The number of aromatic amines is 1. The molecule has 0 aromatic carbocycles. The van der Waals surface area contributed by atoms with Gasteiger partial charge < -0.3 is 19.9 Å². The zero-order valence-electron chi connectivity index (χ0n) is 16.4. The van der Waals surface area contributed by atoms with E-state index in [-0.39, 0.29) is 18.1 Å². The van der Waals surface area contributed by atoms with Gasteiger partial charge in [0.1, 0.15) is 11.3 Å². The highest BCUT2D eigenvalue weighted by atomic mass is 16.3. The standard InChI is InChI=1S/C21H29N5O2/c1-24-6-8-25(9-7-24)18-10-15-12-26(13-16(15)11-19(18)27)21(28)17-3-2-14-4-5-22-20(14)23-17/h2-5,15-16,18-19,27H,6-13H2,1H3,(H,22,23)/t15-,16+,18-,19-/m1/s1. The molecule has 5 rings (SSSR count). The number of carbonyl (C=O) groups is 1. The third kappa shape index (κ3) is 3.21. The minimum atomic E-state index is -0.284. The molecule has 0 spiro atoms. The largest absolute Gasteiger partial charge is 0.391 e. The second kappa shape index (κ2) is 7.13. The Morgan fingerprint density at radius 1 is 1.11 bits per heavy atom. The van der Waals surface area contributed by atoms with Crippen molar-refractivity contribution in [1.29, 1.82) is 0 Å². The summed E-state index contributed by atoms with van der Waals surface area (Å²) < 4.78 is 0. The summed E-state index contributed by atoms with van der Waals surface area (Å²) >= 11 is 0. The molecule has 0 bridgehead atoms. The molecule has 2 aromatic rings. The van der Waals surface area contributed by atoms with Crippen LogP contribution in [-0.2, 0) is 0 Å². The number of hydrogen-bond donors (Lipinski definition) is 2. The maximum atomic E-state index is 13.0. The van der Waals surface area contributed by atoms with Crippen molar-refractivity contribution in [3.63, 3.8) is 0 Å². The zero-order valence-corrected chi connectivity index (χ0v) is 16.4. The highest BCUT2D eigenvalue weighted by molar-refractivity contribution is 5.94. The first-order valence-corrected chi connectivity index (χ1v) is 10.4. The molecule has 7 heteroatoms. The summed E-state index contributed by atoms with van der Waals surface area (Å²) in [7, 11) is 2.16. The fourth-order valence-corrected chi connectivity index (χ4v) is 5.33. The predicted molar refractivity (Wildman–Crippen MR) is 107 cm³/mol. The van der Waals surface area contributed by atoms with Gasteiger partial charge in [-0.15, -0.1) is 0 Å². The Labute approximate surface area is 165 Å². The first-order valence-electron chi connectivity index (χ1n) is 10.4. The summed E-state index contributed by atoms with van der Waals surface area (Å²) in [5.74, 6) is 0.889. The third-order valence-electron chi connectivity index (χ3n) is 7.03. The van der Waals surface area contributed by atoms with Gasteiger partial charge in [0.15, 0.2) is 0 Å². The van der Waals surface area contributed by atoms with Gasteiger partial charge in [0.2, 0.25) is 0 Å². The van der Waals surface area contributed by atoms with E-state index in [0.29, 0.717) is 17.5 Å². The van der Waals surface area contributed by atoms with Gasteiger partial charge in [-0.3, -0.25) is 9.69 Å². The average Bonchev–Trinajstić information content (AvgIpc) is 3.33. The Bertz CT molecular complexity index is 859. The maximum Gasteiger partial charge on any atom is 0.272 e. The monoisotopic (exact) mass is 383 g/mol. The van der Waals surface area contributed by atoms with Crippen molar-refractivity contribution in [2.45, 2.75) is 25.0 Å². The van der Waals surface area contributed by atoms with Gasteiger partial charge in [0.05, 0.1) is 6.10 Å². The number of rotatable bonds is 2. The lowest BCUT2D eigenvalue weighted by Crippen LogP contribution is -2.55. The lowest BCUT2D eigenvalue weighted by atomic mass is 9.77. The highest BCUT2D eigenvalue weighted by Gasteiger charge is 2.45. The first-order chi connectivity index (χ1) is 13.6. The number of carbonyl (C=O) groups excluding carboxylic acids is 1. The number of pyridine rings is 1. The number of aliphatic hydroxyl groups is 1. The van der Waals surface area contributed by atoms with Crippen LogP contribution in [0.15, 0.2) is 24.4 Å². The fourth-order valence-electron chi connectivity index (χ4n) is 5.33. The summed E-state index contributed by atoms with van der Waals surface area (Å²) in [4.78, 5) is 27.4. The number of amides is 1. The average molecular weight is 383 g/mol. The smallest absolute Gasteiger partial charge is 0.272 e. The molecule has 3 fully saturated rings. The van der Waals surface area contributed by atoms with Crippen molar-refractivity contribution in [3.8, 4) is 0 Å². The van der Waals surface area contributed by atoms with Gasteiger partial charge in [-0.2, -0.15) is 0 Å². The number of nitrogens with one attached hydrogen (secondary N) is 1. The van der Waals surface area contributed by atoms with Crippen LogP contribution in [0.4, 0.5) is 0 Å². The second-order valence-corrected chi connectivity index (χ2v) is 8.79. The zero-order chi connectivity index (χ0) is 19.3. The number of aliphatic hydroxyl groups excluding tert-OH is 1. The Hall–Kier alpha value is -1.96. The van der Waals surface area contributed by atoms with Crippen molar-refractivity contribution < 1.29 is 9.90 Å². The minimum absolute atomic E-state index is 0.0107. The molecule has 2 saturated heterocycles. The third-order valence-corrected chi connectivity index (χ3v) is 7.03. The lowest BCUT2D eigenvalue weighted by Gasteiger charge is -2.44. The van der Waals surface area contributed by atoms with E-state index in [4.69, 9.17) is 0 Å². The van der Waals surface area contributed by atoms with Crippen LogP contribution >= 0.6 is 0 Å². The molecule has 4 atom stereocenters. The first kappa shape index (κ1) is 18.1. The van der Waals surface area contributed by atoms with Crippen LogP contribution in [0, 0.1) is 11.8 Å². The van der Waals surface area contributed by atoms with E-state index in [1.807, 2.05) is 29.3 Å². The molecule has 28 heavy (non-hydrogen) atoms. The topological polar surface area (TPSA) is 75.7 Å². The number of likely N-dealkylation sites (tertiary alicyclic amines) is 1. The van der Waals surface area contributed by atoms with Crippen LogP contribution in [-0.4, -0.2) is 94.1 Å². The molecule has 150 valence electrons. The van der Waals surface area contributed by atoms with Crippen LogP contribution in [0.1, 0.15) is 23.3 Å². The molecule has 0 radical (unpaired) electrons.